The number of fused-ring (bicyclic) bond motifs is 1. The van der Waals surface area contributed by atoms with Crippen LogP contribution in [-0.2, 0) is 11.3 Å². The third-order valence-electron chi connectivity index (χ3n) is 5.01. The molecule has 0 amide bonds. The summed E-state index contributed by atoms with van der Waals surface area (Å²) in [5.74, 6) is 2.83. The molecule has 1 aromatic carbocycles. The van der Waals surface area contributed by atoms with Crippen molar-refractivity contribution in [1.29, 1.82) is 0 Å². The molecule has 0 radical (unpaired) electrons. The number of para-hydroxylation sites is 2. The molecule has 0 aliphatic carbocycles. The highest BCUT2D eigenvalue weighted by molar-refractivity contribution is 7.18. The van der Waals surface area contributed by atoms with Crippen molar-refractivity contribution >= 4 is 21.6 Å². The lowest BCUT2D eigenvalue weighted by atomic mass is 10.2. The second kappa shape index (κ2) is 8.43. The van der Waals surface area contributed by atoms with Crippen LogP contribution in [0.4, 0.5) is 0 Å². The number of morpholine rings is 1. The van der Waals surface area contributed by atoms with Gasteiger partial charge in [-0.1, -0.05) is 12.1 Å². The molecule has 3 aromatic rings. The van der Waals surface area contributed by atoms with Gasteiger partial charge < -0.3 is 19.1 Å². The zero-order valence-corrected chi connectivity index (χ0v) is 17.4. The van der Waals surface area contributed by atoms with Crippen LogP contribution < -0.4 is 14.4 Å². The summed E-state index contributed by atoms with van der Waals surface area (Å²) >= 11 is 1.70. The molecule has 0 bridgehead atoms. The van der Waals surface area contributed by atoms with Gasteiger partial charge in [-0.05, 0) is 38.5 Å². The topological polar surface area (TPSA) is 57.9 Å². The molecule has 0 unspecified atom stereocenters. The van der Waals surface area contributed by atoms with Crippen molar-refractivity contribution in [1.82, 2.24) is 9.97 Å². The van der Waals surface area contributed by atoms with Crippen LogP contribution in [0.5, 0.6) is 17.4 Å². The summed E-state index contributed by atoms with van der Waals surface area (Å²) in [7, 11) is 0. The molecule has 4 rings (SSSR count). The van der Waals surface area contributed by atoms with Gasteiger partial charge in [0.15, 0.2) is 17.3 Å². The summed E-state index contributed by atoms with van der Waals surface area (Å²) in [6.07, 6.45) is 0. The van der Waals surface area contributed by atoms with Gasteiger partial charge in [-0.3, -0.25) is 0 Å². The minimum absolute atomic E-state index is 0.585. The molecule has 0 spiro atoms. The van der Waals surface area contributed by atoms with Crippen molar-refractivity contribution in [2.75, 3.05) is 32.9 Å². The van der Waals surface area contributed by atoms with Gasteiger partial charge in [0.1, 0.15) is 24.5 Å². The van der Waals surface area contributed by atoms with E-state index in [1.807, 2.05) is 31.2 Å². The Labute approximate surface area is 169 Å². The number of benzene rings is 1. The molecule has 2 aromatic heterocycles. The first-order valence-electron chi connectivity index (χ1n) is 9.73. The smallest absolute Gasteiger partial charge is 0.232 e. The van der Waals surface area contributed by atoms with Crippen LogP contribution in [0, 0.1) is 13.8 Å². The number of ether oxygens (including phenoxy) is 3. The van der Waals surface area contributed by atoms with E-state index in [0.29, 0.717) is 18.2 Å². The van der Waals surface area contributed by atoms with Crippen LogP contribution in [0.25, 0.3) is 10.2 Å². The molecule has 0 atom stereocenters. The van der Waals surface area contributed by atoms with Crippen molar-refractivity contribution in [3.05, 3.63) is 40.5 Å². The Morgan fingerprint density at radius 1 is 1.11 bits per heavy atom. The molecule has 6 nitrogen and oxygen atoms in total. The van der Waals surface area contributed by atoms with Crippen molar-refractivity contribution in [2.24, 2.45) is 0 Å². The fraction of sp³-hybridized carbons (Fsp3) is 0.429. The summed E-state index contributed by atoms with van der Waals surface area (Å²) in [5.41, 5.74) is 1.18. The zero-order valence-electron chi connectivity index (χ0n) is 16.6. The molecular weight excluding hydrogens is 374 g/mol. The molecule has 148 valence electrons. The quantitative estimate of drug-likeness (QED) is 0.690. The molecule has 3 heterocycles. The predicted octanol–water partition coefficient (Wildman–Crippen LogP) is 2.91. The Bertz CT molecular complexity index is 967. The summed E-state index contributed by atoms with van der Waals surface area (Å²) in [4.78, 5) is 13.3. The molecule has 7 heteroatoms. The SMILES string of the molecule is CCOc1ccccc1Oc1nc(C[NH+]2CCOCC2)nc2sc(C)c(C)c12. The Hall–Kier alpha value is -2.22. The number of nitrogens with zero attached hydrogens (tertiary/aromatic N) is 2. The highest BCUT2D eigenvalue weighted by atomic mass is 32.1. The Kier molecular flexibility index (Phi) is 5.75. The summed E-state index contributed by atoms with van der Waals surface area (Å²) in [6, 6.07) is 7.73. The predicted molar refractivity (Wildman–Crippen MR) is 110 cm³/mol. The lowest BCUT2D eigenvalue weighted by Gasteiger charge is -2.23. The summed E-state index contributed by atoms with van der Waals surface area (Å²) < 4.78 is 17.5. The highest BCUT2D eigenvalue weighted by Gasteiger charge is 2.21. The fourth-order valence-corrected chi connectivity index (χ4v) is 4.42. The maximum absolute atomic E-state index is 6.30. The minimum Gasteiger partial charge on any atom is -0.490 e. The van der Waals surface area contributed by atoms with Crippen molar-refractivity contribution in [3.63, 3.8) is 0 Å². The van der Waals surface area contributed by atoms with Gasteiger partial charge in [-0.15, -0.1) is 11.3 Å². The Balaban J connectivity index is 1.73. The minimum atomic E-state index is 0.585. The van der Waals surface area contributed by atoms with Crippen LogP contribution in [0.15, 0.2) is 24.3 Å². The number of hydrogen-bond donors (Lipinski definition) is 1. The third-order valence-corrected chi connectivity index (χ3v) is 6.11. The summed E-state index contributed by atoms with van der Waals surface area (Å²) in [5, 5.41) is 0.995. The van der Waals surface area contributed by atoms with Gasteiger partial charge in [0.25, 0.3) is 0 Å². The monoisotopic (exact) mass is 400 g/mol. The van der Waals surface area contributed by atoms with Crippen LogP contribution in [-0.4, -0.2) is 42.9 Å². The number of thiophene rings is 1. The van der Waals surface area contributed by atoms with E-state index in [1.165, 1.54) is 15.3 Å². The number of quaternary nitrogens is 1. The molecular formula is C21H26N3O3S+. The standard InChI is InChI=1S/C21H25N3O3S/c1-4-26-16-7-5-6-8-17(16)27-20-19-14(2)15(3)28-21(19)23-18(22-20)13-24-9-11-25-12-10-24/h5-8H,4,9-13H2,1-3H3/p+1. The molecule has 1 aliphatic heterocycles. The zero-order chi connectivity index (χ0) is 19.5. The number of hydrogen-bond acceptors (Lipinski definition) is 6. The molecule has 1 saturated heterocycles. The Morgan fingerprint density at radius 2 is 1.86 bits per heavy atom. The van der Waals surface area contributed by atoms with Crippen LogP contribution in [0.1, 0.15) is 23.2 Å². The second-order valence-corrected chi connectivity index (χ2v) is 8.13. The van der Waals surface area contributed by atoms with Crippen LogP contribution in [0.3, 0.4) is 0 Å². The summed E-state index contributed by atoms with van der Waals surface area (Å²) in [6.45, 7) is 11.1. The van der Waals surface area contributed by atoms with Gasteiger partial charge in [-0.2, -0.15) is 4.98 Å². The van der Waals surface area contributed by atoms with E-state index in [2.05, 4.69) is 13.8 Å². The van der Waals surface area contributed by atoms with E-state index < -0.39 is 0 Å². The Morgan fingerprint density at radius 3 is 2.61 bits per heavy atom. The number of nitrogens with one attached hydrogen (secondary N) is 1. The van der Waals surface area contributed by atoms with Crippen molar-refractivity contribution < 1.29 is 19.1 Å². The van der Waals surface area contributed by atoms with E-state index in [4.69, 9.17) is 24.2 Å². The lowest BCUT2D eigenvalue weighted by molar-refractivity contribution is -0.922. The maximum atomic E-state index is 6.30. The average Bonchev–Trinajstić information content (AvgIpc) is 2.98. The molecule has 1 aliphatic rings. The van der Waals surface area contributed by atoms with Gasteiger partial charge in [0, 0.05) is 4.88 Å². The van der Waals surface area contributed by atoms with Crippen LogP contribution in [0.2, 0.25) is 0 Å². The molecule has 28 heavy (non-hydrogen) atoms. The lowest BCUT2D eigenvalue weighted by Crippen LogP contribution is -3.12. The van der Waals surface area contributed by atoms with Gasteiger partial charge in [0.2, 0.25) is 5.88 Å². The van der Waals surface area contributed by atoms with E-state index in [1.54, 1.807) is 11.3 Å². The van der Waals surface area contributed by atoms with Gasteiger partial charge >= 0.3 is 0 Å². The van der Waals surface area contributed by atoms with Crippen molar-refractivity contribution in [3.8, 4) is 17.4 Å². The van der Waals surface area contributed by atoms with Gasteiger partial charge in [0.05, 0.1) is 25.2 Å². The fourth-order valence-electron chi connectivity index (χ4n) is 3.38. The molecule has 0 saturated carbocycles. The normalized spacial score (nSPS) is 15.1. The van der Waals surface area contributed by atoms with E-state index in [9.17, 15) is 0 Å². The second-order valence-electron chi connectivity index (χ2n) is 6.93. The van der Waals surface area contributed by atoms with Gasteiger partial charge in [-0.25, -0.2) is 4.98 Å². The number of rotatable bonds is 6. The van der Waals surface area contributed by atoms with E-state index >= 15 is 0 Å². The largest absolute Gasteiger partial charge is 0.490 e. The first-order valence-corrected chi connectivity index (χ1v) is 10.5. The van der Waals surface area contributed by atoms with E-state index in [-0.39, 0.29) is 0 Å². The average molecular weight is 401 g/mol. The maximum Gasteiger partial charge on any atom is 0.232 e. The first-order chi connectivity index (χ1) is 13.7. The highest BCUT2D eigenvalue weighted by Crippen LogP contribution is 2.38. The van der Waals surface area contributed by atoms with Crippen molar-refractivity contribution in [2.45, 2.75) is 27.3 Å². The first kappa shape index (κ1) is 19.1. The number of aromatic nitrogens is 2. The van der Waals surface area contributed by atoms with Crippen LogP contribution >= 0.6 is 11.3 Å². The third kappa shape index (κ3) is 3.97. The number of aryl methyl sites for hydroxylation is 2. The molecule has 1 N–H and O–H groups in total. The molecule has 1 fully saturated rings. The van der Waals surface area contributed by atoms with E-state index in [0.717, 1.165) is 54.6 Å².